The molecule has 2 heterocycles. The summed E-state index contributed by atoms with van der Waals surface area (Å²) in [7, 11) is 2.08. The van der Waals surface area contributed by atoms with E-state index in [2.05, 4.69) is 23.9 Å². The topological polar surface area (TPSA) is 45.7 Å². The number of hydrogen-bond acceptors (Lipinski definition) is 4. The minimum atomic E-state index is 0.104. The minimum Gasteiger partial charge on any atom is -0.474 e. The second kappa shape index (κ2) is 8.89. The van der Waals surface area contributed by atoms with E-state index in [0.29, 0.717) is 19.0 Å². The second-order valence-corrected chi connectivity index (χ2v) is 7.20. The Morgan fingerprint density at radius 1 is 1.19 bits per heavy atom. The van der Waals surface area contributed by atoms with Gasteiger partial charge in [-0.05, 0) is 43.7 Å². The van der Waals surface area contributed by atoms with Crippen molar-refractivity contribution in [2.45, 2.75) is 39.2 Å². The average Bonchev–Trinajstić information content (AvgIpc) is 2.68. The van der Waals surface area contributed by atoms with Crippen molar-refractivity contribution in [3.05, 3.63) is 53.7 Å². The van der Waals surface area contributed by atoms with Gasteiger partial charge in [0.15, 0.2) is 0 Å². The fraction of sp³-hybridized carbons (Fsp3) is 0.455. The summed E-state index contributed by atoms with van der Waals surface area (Å²) in [6.45, 7) is 6.56. The van der Waals surface area contributed by atoms with Gasteiger partial charge in [0.05, 0.1) is 0 Å². The lowest BCUT2D eigenvalue weighted by atomic mass is 10.1. The van der Waals surface area contributed by atoms with Gasteiger partial charge in [-0.2, -0.15) is 0 Å². The quantitative estimate of drug-likeness (QED) is 0.776. The largest absolute Gasteiger partial charge is 0.474 e. The van der Waals surface area contributed by atoms with Crippen molar-refractivity contribution in [1.29, 1.82) is 0 Å². The van der Waals surface area contributed by atoms with Crippen LogP contribution in [0.4, 0.5) is 5.69 Å². The zero-order chi connectivity index (χ0) is 19.2. The summed E-state index contributed by atoms with van der Waals surface area (Å²) in [6.07, 6.45) is 2.89. The van der Waals surface area contributed by atoms with E-state index in [4.69, 9.17) is 4.74 Å². The van der Waals surface area contributed by atoms with Crippen molar-refractivity contribution < 1.29 is 9.53 Å². The molecule has 0 bridgehead atoms. The number of aromatic nitrogens is 1. The number of carbonyl (C=O) groups excluding carboxylic acids is 1. The van der Waals surface area contributed by atoms with Crippen LogP contribution in [0, 0.1) is 6.92 Å². The van der Waals surface area contributed by atoms with Crippen LogP contribution >= 0.6 is 0 Å². The molecule has 27 heavy (non-hydrogen) atoms. The number of pyridine rings is 1. The highest BCUT2D eigenvalue weighted by molar-refractivity contribution is 5.94. The number of benzene rings is 1. The molecule has 0 aliphatic carbocycles. The molecule has 0 saturated carbocycles. The first-order valence-corrected chi connectivity index (χ1v) is 9.77. The summed E-state index contributed by atoms with van der Waals surface area (Å²) in [4.78, 5) is 21.3. The molecule has 1 fully saturated rings. The highest BCUT2D eigenvalue weighted by Crippen LogP contribution is 2.20. The summed E-state index contributed by atoms with van der Waals surface area (Å²) in [5, 5.41) is 0. The standard InChI is InChI=1S/C22H29N3O2/c1-4-14-24(3)19-10-8-18(9-11-19)22(26)25-15-12-20(13-16-25)27-21-7-5-6-17(2)23-21/h5-11,20H,4,12-16H2,1-3H3. The van der Waals surface area contributed by atoms with Crippen LogP contribution in [0.1, 0.15) is 42.2 Å². The number of aryl methyl sites for hydroxylation is 1. The van der Waals surface area contributed by atoms with Crippen molar-refractivity contribution in [2.75, 3.05) is 31.6 Å². The van der Waals surface area contributed by atoms with E-state index in [0.717, 1.165) is 42.8 Å². The van der Waals surface area contributed by atoms with Gasteiger partial charge in [0.25, 0.3) is 5.91 Å². The molecule has 144 valence electrons. The molecule has 0 atom stereocenters. The third kappa shape index (κ3) is 5.00. The molecule has 0 spiro atoms. The molecule has 0 unspecified atom stereocenters. The lowest BCUT2D eigenvalue weighted by Gasteiger charge is -2.32. The normalized spacial score (nSPS) is 14.9. The van der Waals surface area contributed by atoms with Crippen molar-refractivity contribution in [3.63, 3.8) is 0 Å². The van der Waals surface area contributed by atoms with Gasteiger partial charge in [0, 0.05) is 62.5 Å². The SMILES string of the molecule is CCCN(C)c1ccc(C(=O)N2CCC(Oc3cccc(C)n3)CC2)cc1. The first-order chi connectivity index (χ1) is 13.1. The Morgan fingerprint density at radius 2 is 1.89 bits per heavy atom. The predicted octanol–water partition coefficient (Wildman–Crippen LogP) is 3.92. The fourth-order valence-electron chi connectivity index (χ4n) is 3.44. The van der Waals surface area contributed by atoms with E-state index in [1.807, 2.05) is 54.3 Å². The molecule has 1 aromatic heterocycles. The summed E-state index contributed by atoms with van der Waals surface area (Å²) in [5.41, 5.74) is 2.85. The van der Waals surface area contributed by atoms with Gasteiger partial charge < -0.3 is 14.5 Å². The van der Waals surface area contributed by atoms with Crippen LogP contribution in [0.3, 0.4) is 0 Å². The molecule has 0 N–H and O–H groups in total. The van der Waals surface area contributed by atoms with Gasteiger partial charge in [0.1, 0.15) is 6.10 Å². The molecule has 1 saturated heterocycles. The van der Waals surface area contributed by atoms with E-state index in [-0.39, 0.29) is 12.0 Å². The monoisotopic (exact) mass is 367 g/mol. The molecule has 5 heteroatoms. The van der Waals surface area contributed by atoms with Crippen LogP contribution in [0.15, 0.2) is 42.5 Å². The van der Waals surface area contributed by atoms with E-state index < -0.39 is 0 Å². The molecular formula is C22H29N3O2. The highest BCUT2D eigenvalue weighted by Gasteiger charge is 2.25. The van der Waals surface area contributed by atoms with Crippen molar-refractivity contribution >= 4 is 11.6 Å². The molecular weight excluding hydrogens is 338 g/mol. The zero-order valence-electron chi connectivity index (χ0n) is 16.5. The molecule has 5 nitrogen and oxygen atoms in total. The smallest absolute Gasteiger partial charge is 0.253 e. The highest BCUT2D eigenvalue weighted by atomic mass is 16.5. The molecule has 0 radical (unpaired) electrons. The Kier molecular flexibility index (Phi) is 6.32. The number of nitrogens with zero attached hydrogens (tertiary/aromatic N) is 3. The number of hydrogen-bond donors (Lipinski definition) is 0. The minimum absolute atomic E-state index is 0.104. The van der Waals surface area contributed by atoms with Crippen LogP contribution in [0.2, 0.25) is 0 Å². The number of ether oxygens (including phenoxy) is 1. The lowest BCUT2D eigenvalue weighted by molar-refractivity contribution is 0.0588. The molecule has 3 rings (SSSR count). The molecule has 1 aliphatic rings. The van der Waals surface area contributed by atoms with Gasteiger partial charge in [-0.15, -0.1) is 0 Å². The van der Waals surface area contributed by atoms with E-state index in [1.165, 1.54) is 0 Å². The Hall–Kier alpha value is -2.56. The summed E-state index contributed by atoms with van der Waals surface area (Å²) in [6, 6.07) is 13.7. The maximum atomic E-state index is 12.8. The Labute approximate surface area is 162 Å². The molecule has 1 aromatic carbocycles. The predicted molar refractivity (Wildman–Crippen MR) is 109 cm³/mol. The number of carbonyl (C=O) groups is 1. The average molecular weight is 367 g/mol. The van der Waals surface area contributed by atoms with E-state index in [9.17, 15) is 4.79 Å². The molecule has 2 aromatic rings. The molecule has 1 amide bonds. The number of likely N-dealkylation sites (tertiary alicyclic amines) is 1. The zero-order valence-corrected chi connectivity index (χ0v) is 16.5. The fourth-order valence-corrected chi connectivity index (χ4v) is 3.44. The van der Waals surface area contributed by atoms with Crippen LogP contribution in [-0.2, 0) is 0 Å². The third-order valence-corrected chi connectivity index (χ3v) is 4.99. The van der Waals surface area contributed by atoms with Gasteiger partial charge in [0.2, 0.25) is 5.88 Å². The first kappa shape index (κ1) is 19.2. The Morgan fingerprint density at radius 3 is 2.52 bits per heavy atom. The molecule has 1 aliphatic heterocycles. The Bertz CT molecular complexity index is 752. The van der Waals surface area contributed by atoms with E-state index in [1.54, 1.807) is 0 Å². The van der Waals surface area contributed by atoms with Gasteiger partial charge in [-0.1, -0.05) is 13.0 Å². The first-order valence-electron chi connectivity index (χ1n) is 9.77. The summed E-state index contributed by atoms with van der Waals surface area (Å²) >= 11 is 0. The van der Waals surface area contributed by atoms with Crippen molar-refractivity contribution in [1.82, 2.24) is 9.88 Å². The Balaban J connectivity index is 1.53. The van der Waals surface area contributed by atoms with Crippen LogP contribution in [0.5, 0.6) is 5.88 Å². The number of amides is 1. The van der Waals surface area contributed by atoms with Gasteiger partial charge in [-0.25, -0.2) is 4.98 Å². The maximum Gasteiger partial charge on any atom is 0.253 e. The number of rotatable bonds is 6. The number of piperidine rings is 1. The summed E-state index contributed by atoms with van der Waals surface area (Å²) < 4.78 is 5.98. The van der Waals surface area contributed by atoms with E-state index >= 15 is 0 Å². The van der Waals surface area contributed by atoms with Crippen molar-refractivity contribution in [3.8, 4) is 5.88 Å². The summed E-state index contributed by atoms with van der Waals surface area (Å²) in [5.74, 6) is 0.776. The lowest BCUT2D eigenvalue weighted by Crippen LogP contribution is -2.41. The van der Waals surface area contributed by atoms with Crippen LogP contribution in [0.25, 0.3) is 0 Å². The third-order valence-electron chi connectivity index (χ3n) is 4.99. The van der Waals surface area contributed by atoms with Crippen molar-refractivity contribution in [2.24, 2.45) is 0 Å². The number of anilines is 1. The van der Waals surface area contributed by atoms with Gasteiger partial charge in [-0.3, -0.25) is 4.79 Å². The van der Waals surface area contributed by atoms with Crippen LogP contribution in [-0.4, -0.2) is 48.6 Å². The van der Waals surface area contributed by atoms with Crippen LogP contribution < -0.4 is 9.64 Å². The maximum absolute atomic E-state index is 12.8. The second-order valence-electron chi connectivity index (χ2n) is 7.20. The van der Waals surface area contributed by atoms with Gasteiger partial charge >= 0.3 is 0 Å².